The van der Waals surface area contributed by atoms with Gasteiger partial charge in [0, 0.05) is 6.20 Å². The van der Waals surface area contributed by atoms with Crippen LogP contribution in [0, 0.1) is 0 Å². The summed E-state index contributed by atoms with van der Waals surface area (Å²) < 4.78 is -2.13. The van der Waals surface area contributed by atoms with Crippen LogP contribution in [0.15, 0.2) is 48.7 Å². The average molecular weight is 346 g/mol. The maximum atomic E-state index is 12.3. The molecule has 0 fully saturated rings. The van der Waals surface area contributed by atoms with Gasteiger partial charge in [-0.05, 0) is 24.3 Å². The van der Waals surface area contributed by atoms with Crippen LogP contribution in [-0.2, 0) is 11.3 Å². The van der Waals surface area contributed by atoms with Gasteiger partial charge in [-0.2, -0.15) is 0 Å². The smallest absolute Gasteiger partial charge is 0.279 e. The van der Waals surface area contributed by atoms with Crippen molar-refractivity contribution in [2.75, 3.05) is 4.90 Å². The van der Waals surface area contributed by atoms with Gasteiger partial charge in [-0.3, -0.25) is 14.7 Å². The summed E-state index contributed by atoms with van der Waals surface area (Å²) in [7, 11) is 0. The Hall–Kier alpha value is -1.49. The maximum Gasteiger partial charge on any atom is 0.279 e. The van der Waals surface area contributed by atoms with E-state index in [9.17, 15) is 9.90 Å². The number of carbonyl (C=O) groups is 1. The summed E-state index contributed by atoms with van der Waals surface area (Å²) in [5, 5.41) is 9.93. The Morgan fingerprint density at radius 2 is 1.81 bits per heavy atom. The number of phenolic OH excluding ortho intramolecular Hbond substituents is 1. The van der Waals surface area contributed by atoms with Crippen molar-refractivity contribution in [3.8, 4) is 5.75 Å². The molecule has 2 aromatic rings. The number of halogens is 3. The van der Waals surface area contributed by atoms with E-state index in [1.807, 2.05) is 0 Å². The zero-order valence-corrected chi connectivity index (χ0v) is 13.0. The Balaban J connectivity index is 2.40. The number of rotatable bonds is 3. The van der Waals surface area contributed by atoms with Crippen molar-refractivity contribution in [2.24, 2.45) is 0 Å². The highest BCUT2D eigenvalue weighted by Gasteiger charge is 2.36. The normalized spacial score (nSPS) is 11.2. The number of nitrogens with zero attached hydrogens (tertiary/aromatic N) is 2. The summed E-state index contributed by atoms with van der Waals surface area (Å²) in [4.78, 5) is 17.6. The van der Waals surface area contributed by atoms with Gasteiger partial charge in [-0.25, -0.2) is 0 Å². The number of hydrogen-bond donors (Lipinski definition) is 1. The van der Waals surface area contributed by atoms with Gasteiger partial charge in [-0.1, -0.05) is 53.0 Å². The number of anilines is 1. The number of hydrogen-bond acceptors (Lipinski definition) is 3. The van der Waals surface area contributed by atoms with Crippen LogP contribution in [0.2, 0.25) is 0 Å². The maximum absolute atomic E-state index is 12.3. The predicted octanol–water partition coefficient (Wildman–Crippen LogP) is 3.69. The molecule has 1 amide bonds. The monoisotopic (exact) mass is 344 g/mol. The molecule has 0 saturated carbocycles. The van der Waals surface area contributed by atoms with Crippen molar-refractivity contribution in [1.29, 1.82) is 0 Å². The molecular formula is C14H11Cl3N2O2. The molecule has 2 rings (SSSR count). The Morgan fingerprint density at radius 3 is 2.38 bits per heavy atom. The summed E-state index contributed by atoms with van der Waals surface area (Å²) >= 11 is 17.1. The van der Waals surface area contributed by atoms with E-state index in [1.54, 1.807) is 42.6 Å². The number of amides is 1. The van der Waals surface area contributed by atoms with Gasteiger partial charge in [-0.15, -0.1) is 0 Å². The second kappa shape index (κ2) is 6.52. The largest absolute Gasteiger partial charge is 0.506 e. The lowest BCUT2D eigenvalue weighted by molar-refractivity contribution is -0.117. The quantitative estimate of drug-likeness (QED) is 0.863. The second-order valence-electron chi connectivity index (χ2n) is 4.20. The Bertz CT molecular complexity index is 630. The molecule has 1 heterocycles. The third-order valence-corrected chi connectivity index (χ3v) is 3.19. The molecule has 0 bridgehead atoms. The SMILES string of the molecule is O=C(N(Cc1ccccn1)c1ccccc1O)C(Cl)(Cl)Cl. The van der Waals surface area contributed by atoms with E-state index in [4.69, 9.17) is 34.8 Å². The molecular weight excluding hydrogens is 335 g/mol. The standard InChI is InChI=1S/C14H11Cl3N2O2/c15-14(16,17)13(21)19(9-10-5-3-4-8-18-10)11-6-1-2-7-12(11)20/h1-8,20H,9H2. The lowest BCUT2D eigenvalue weighted by Gasteiger charge is -2.26. The van der Waals surface area contributed by atoms with Crippen molar-refractivity contribution in [3.63, 3.8) is 0 Å². The molecule has 0 aliphatic rings. The van der Waals surface area contributed by atoms with Crippen LogP contribution < -0.4 is 4.90 Å². The fourth-order valence-electron chi connectivity index (χ4n) is 1.77. The van der Waals surface area contributed by atoms with E-state index >= 15 is 0 Å². The lowest BCUT2D eigenvalue weighted by atomic mass is 10.2. The second-order valence-corrected chi connectivity index (χ2v) is 6.48. The van der Waals surface area contributed by atoms with Crippen molar-refractivity contribution >= 4 is 46.4 Å². The van der Waals surface area contributed by atoms with Crippen LogP contribution in [0.5, 0.6) is 5.75 Å². The van der Waals surface area contributed by atoms with Gasteiger partial charge in [0.1, 0.15) is 5.75 Å². The van der Waals surface area contributed by atoms with Gasteiger partial charge in [0.05, 0.1) is 17.9 Å². The number of phenols is 1. The molecule has 1 N–H and O–H groups in total. The van der Waals surface area contributed by atoms with Gasteiger partial charge < -0.3 is 5.11 Å². The van der Waals surface area contributed by atoms with Crippen molar-refractivity contribution in [3.05, 3.63) is 54.4 Å². The third kappa shape index (κ3) is 4.00. The summed E-state index contributed by atoms with van der Waals surface area (Å²) in [5.74, 6) is -0.851. The molecule has 0 aliphatic carbocycles. The molecule has 1 aromatic carbocycles. The zero-order chi connectivity index (χ0) is 15.5. The Morgan fingerprint density at radius 1 is 1.14 bits per heavy atom. The highest BCUT2D eigenvalue weighted by Crippen LogP contribution is 2.35. The number of carbonyl (C=O) groups excluding carboxylic acids is 1. The average Bonchev–Trinajstić information content (AvgIpc) is 2.45. The Labute approximate surface area is 136 Å². The number of alkyl halides is 3. The fraction of sp³-hybridized carbons (Fsp3) is 0.143. The Kier molecular flexibility index (Phi) is 4.93. The van der Waals surface area contributed by atoms with Gasteiger partial charge in [0.25, 0.3) is 9.70 Å². The molecule has 4 nitrogen and oxygen atoms in total. The van der Waals surface area contributed by atoms with Crippen LogP contribution in [0.25, 0.3) is 0 Å². The molecule has 110 valence electrons. The van der Waals surface area contributed by atoms with Crippen molar-refractivity contribution in [1.82, 2.24) is 4.98 Å². The van der Waals surface area contributed by atoms with Crippen LogP contribution in [0.4, 0.5) is 5.69 Å². The van der Waals surface area contributed by atoms with Gasteiger partial charge in [0.15, 0.2) is 0 Å². The lowest BCUT2D eigenvalue weighted by Crippen LogP contribution is -2.39. The summed E-state index contributed by atoms with van der Waals surface area (Å²) in [6, 6.07) is 11.6. The number of pyridine rings is 1. The zero-order valence-electron chi connectivity index (χ0n) is 10.7. The highest BCUT2D eigenvalue weighted by atomic mass is 35.6. The fourth-order valence-corrected chi connectivity index (χ4v) is 2.07. The molecule has 0 spiro atoms. The van der Waals surface area contributed by atoms with Crippen LogP contribution in [-0.4, -0.2) is 19.8 Å². The van der Waals surface area contributed by atoms with Crippen molar-refractivity contribution < 1.29 is 9.90 Å². The first-order chi connectivity index (χ1) is 9.89. The first-order valence-corrected chi connectivity index (χ1v) is 7.09. The van der Waals surface area contributed by atoms with E-state index < -0.39 is 9.70 Å². The first-order valence-electron chi connectivity index (χ1n) is 5.96. The molecule has 0 unspecified atom stereocenters. The summed E-state index contributed by atoms with van der Waals surface area (Å²) in [6.45, 7) is 0.0746. The number of aromatic hydroxyl groups is 1. The summed E-state index contributed by atoms with van der Waals surface area (Å²) in [5.41, 5.74) is 0.850. The topological polar surface area (TPSA) is 53.4 Å². The molecule has 7 heteroatoms. The first kappa shape index (κ1) is 15.9. The number of para-hydroxylation sites is 2. The van der Waals surface area contributed by atoms with E-state index in [-0.39, 0.29) is 18.0 Å². The van der Waals surface area contributed by atoms with Crippen LogP contribution >= 0.6 is 34.8 Å². The van der Waals surface area contributed by atoms with E-state index in [1.165, 1.54) is 11.0 Å². The molecule has 0 atom stereocenters. The molecule has 1 aromatic heterocycles. The number of benzene rings is 1. The minimum absolute atomic E-state index is 0.0746. The minimum atomic E-state index is -2.13. The molecule has 0 radical (unpaired) electrons. The van der Waals surface area contributed by atoms with Gasteiger partial charge >= 0.3 is 0 Å². The van der Waals surface area contributed by atoms with Crippen molar-refractivity contribution in [2.45, 2.75) is 10.3 Å². The molecule has 21 heavy (non-hydrogen) atoms. The van der Waals surface area contributed by atoms with Crippen LogP contribution in [0.1, 0.15) is 5.69 Å². The third-order valence-electron chi connectivity index (χ3n) is 2.71. The predicted molar refractivity (Wildman–Crippen MR) is 83.8 cm³/mol. The molecule has 0 aliphatic heterocycles. The summed E-state index contributed by atoms with van der Waals surface area (Å²) in [6.07, 6.45) is 1.60. The highest BCUT2D eigenvalue weighted by molar-refractivity contribution is 6.77. The van der Waals surface area contributed by atoms with E-state index in [0.29, 0.717) is 5.69 Å². The van der Waals surface area contributed by atoms with E-state index in [0.717, 1.165) is 0 Å². The minimum Gasteiger partial charge on any atom is -0.506 e. The molecule has 0 saturated heterocycles. The van der Waals surface area contributed by atoms with E-state index in [2.05, 4.69) is 4.98 Å². The van der Waals surface area contributed by atoms with Gasteiger partial charge in [0.2, 0.25) is 0 Å². The number of aromatic nitrogens is 1. The van der Waals surface area contributed by atoms with Crippen LogP contribution in [0.3, 0.4) is 0 Å².